The van der Waals surface area contributed by atoms with Crippen molar-refractivity contribution < 1.29 is 9.13 Å². The summed E-state index contributed by atoms with van der Waals surface area (Å²) in [4.78, 5) is 2.17. The van der Waals surface area contributed by atoms with Crippen molar-refractivity contribution in [2.45, 2.75) is 13.0 Å². The number of fused-ring (bicyclic) bond motifs is 1. The zero-order valence-corrected chi connectivity index (χ0v) is 8.29. The molecular weight excluding hydrogens is 181 g/mol. The molecule has 0 amide bonds. The molecule has 0 saturated heterocycles. The molecule has 2 nitrogen and oxygen atoms in total. The van der Waals surface area contributed by atoms with E-state index in [0.29, 0.717) is 6.73 Å². The molecule has 14 heavy (non-hydrogen) atoms. The Kier molecular flexibility index (Phi) is 2.79. The normalized spacial score (nSPS) is 16.7. The number of nitrogens with zero attached hydrogens (tertiary/aromatic N) is 1. The average molecular weight is 195 g/mol. The fourth-order valence-corrected chi connectivity index (χ4v) is 1.91. The van der Waals surface area contributed by atoms with Gasteiger partial charge in [-0.1, -0.05) is 12.1 Å². The van der Waals surface area contributed by atoms with E-state index in [9.17, 15) is 4.39 Å². The molecule has 0 saturated carbocycles. The predicted molar refractivity (Wildman–Crippen MR) is 52.4 cm³/mol. The quantitative estimate of drug-likeness (QED) is 0.713. The van der Waals surface area contributed by atoms with E-state index < -0.39 is 0 Å². The fraction of sp³-hybridized carbons (Fsp3) is 0.455. The van der Waals surface area contributed by atoms with E-state index >= 15 is 0 Å². The first-order valence-electron chi connectivity index (χ1n) is 4.79. The smallest absolute Gasteiger partial charge is 0.126 e. The van der Waals surface area contributed by atoms with E-state index in [4.69, 9.17) is 4.74 Å². The summed E-state index contributed by atoms with van der Waals surface area (Å²) >= 11 is 0. The van der Waals surface area contributed by atoms with Crippen LogP contribution in [-0.4, -0.2) is 25.3 Å². The third-order valence-corrected chi connectivity index (χ3v) is 2.60. The molecule has 2 rings (SSSR count). The first-order chi connectivity index (χ1) is 6.81. The molecule has 1 aromatic rings. The minimum Gasteiger partial charge on any atom is -0.369 e. The Morgan fingerprint density at radius 1 is 1.50 bits per heavy atom. The van der Waals surface area contributed by atoms with Crippen LogP contribution in [0.1, 0.15) is 11.1 Å². The topological polar surface area (TPSA) is 12.5 Å². The van der Waals surface area contributed by atoms with Crippen LogP contribution in [0.25, 0.3) is 0 Å². The van der Waals surface area contributed by atoms with Gasteiger partial charge in [0, 0.05) is 20.2 Å². The average Bonchev–Trinajstić information content (AvgIpc) is 2.18. The highest BCUT2D eigenvalue weighted by atomic mass is 19.1. The number of hydrogen-bond donors (Lipinski definition) is 0. The van der Waals surface area contributed by atoms with Gasteiger partial charge in [-0.3, -0.25) is 4.90 Å². The van der Waals surface area contributed by atoms with Crippen LogP contribution in [0, 0.1) is 5.82 Å². The molecular formula is C11H14FNO. The molecule has 0 fully saturated rings. The van der Waals surface area contributed by atoms with Crippen molar-refractivity contribution in [2.75, 3.05) is 20.4 Å². The Bertz CT molecular complexity index is 327. The second-order valence-corrected chi connectivity index (χ2v) is 3.60. The monoisotopic (exact) mass is 195 g/mol. The summed E-state index contributed by atoms with van der Waals surface area (Å²) in [7, 11) is 1.68. The van der Waals surface area contributed by atoms with Crippen LogP contribution in [0.15, 0.2) is 18.2 Å². The van der Waals surface area contributed by atoms with E-state index in [1.165, 1.54) is 6.07 Å². The SMILES string of the molecule is COCN1CCc2c(F)cccc2C1. The second kappa shape index (κ2) is 4.07. The highest BCUT2D eigenvalue weighted by molar-refractivity contribution is 5.30. The van der Waals surface area contributed by atoms with Gasteiger partial charge in [0.1, 0.15) is 5.82 Å². The van der Waals surface area contributed by atoms with Crippen LogP contribution >= 0.6 is 0 Å². The lowest BCUT2D eigenvalue weighted by atomic mass is 10.00. The molecule has 0 spiro atoms. The molecule has 0 bridgehead atoms. The summed E-state index contributed by atoms with van der Waals surface area (Å²) in [6.07, 6.45) is 0.783. The maximum Gasteiger partial charge on any atom is 0.126 e. The largest absolute Gasteiger partial charge is 0.369 e. The molecule has 1 aromatic carbocycles. The number of benzene rings is 1. The Balaban J connectivity index is 2.18. The van der Waals surface area contributed by atoms with Crippen molar-refractivity contribution in [3.05, 3.63) is 35.1 Å². The number of rotatable bonds is 2. The lowest BCUT2D eigenvalue weighted by Crippen LogP contribution is -2.32. The molecule has 0 N–H and O–H groups in total. The summed E-state index contributed by atoms with van der Waals surface area (Å²) in [5.74, 6) is -0.0698. The van der Waals surface area contributed by atoms with Crippen molar-refractivity contribution in [3.8, 4) is 0 Å². The Labute approximate surface area is 83.3 Å². The third-order valence-electron chi connectivity index (χ3n) is 2.60. The van der Waals surface area contributed by atoms with Crippen LogP contribution in [0.4, 0.5) is 4.39 Å². The molecule has 0 aliphatic carbocycles. The lowest BCUT2D eigenvalue weighted by Gasteiger charge is -2.27. The van der Waals surface area contributed by atoms with Gasteiger partial charge in [-0.25, -0.2) is 4.39 Å². The molecule has 0 aromatic heterocycles. The van der Waals surface area contributed by atoms with Crippen molar-refractivity contribution >= 4 is 0 Å². The Hall–Kier alpha value is -0.930. The van der Waals surface area contributed by atoms with E-state index in [-0.39, 0.29) is 5.82 Å². The highest BCUT2D eigenvalue weighted by Crippen LogP contribution is 2.21. The Morgan fingerprint density at radius 2 is 2.36 bits per heavy atom. The van der Waals surface area contributed by atoms with E-state index in [0.717, 1.165) is 30.6 Å². The van der Waals surface area contributed by atoms with Gasteiger partial charge in [0.05, 0.1) is 6.73 Å². The standard InChI is InChI=1S/C11H14FNO/c1-14-8-13-6-5-10-9(7-13)3-2-4-11(10)12/h2-4H,5-8H2,1H3. The van der Waals surface area contributed by atoms with Gasteiger partial charge in [0.25, 0.3) is 0 Å². The van der Waals surface area contributed by atoms with Crippen LogP contribution < -0.4 is 0 Å². The Morgan fingerprint density at radius 3 is 3.14 bits per heavy atom. The highest BCUT2D eigenvalue weighted by Gasteiger charge is 2.17. The minimum atomic E-state index is -0.0698. The van der Waals surface area contributed by atoms with Gasteiger partial charge in [-0.05, 0) is 23.6 Å². The van der Waals surface area contributed by atoms with E-state index in [2.05, 4.69) is 4.90 Å². The predicted octanol–water partition coefficient (Wildman–Crippen LogP) is 1.79. The maximum absolute atomic E-state index is 13.3. The van der Waals surface area contributed by atoms with Crippen LogP contribution in [0.3, 0.4) is 0 Å². The maximum atomic E-state index is 13.3. The molecule has 1 heterocycles. The van der Waals surface area contributed by atoms with Gasteiger partial charge < -0.3 is 4.74 Å². The second-order valence-electron chi connectivity index (χ2n) is 3.60. The summed E-state index contributed by atoms with van der Waals surface area (Å²) in [5.41, 5.74) is 1.97. The van der Waals surface area contributed by atoms with Gasteiger partial charge in [0.2, 0.25) is 0 Å². The first kappa shape index (κ1) is 9.62. The zero-order chi connectivity index (χ0) is 9.97. The van der Waals surface area contributed by atoms with Crippen molar-refractivity contribution in [3.63, 3.8) is 0 Å². The molecule has 3 heteroatoms. The summed E-state index contributed by atoms with van der Waals surface area (Å²) in [6, 6.07) is 5.29. The number of methoxy groups -OCH3 is 1. The van der Waals surface area contributed by atoms with Gasteiger partial charge in [0.15, 0.2) is 0 Å². The van der Waals surface area contributed by atoms with Crippen molar-refractivity contribution in [2.24, 2.45) is 0 Å². The summed E-state index contributed by atoms with van der Waals surface area (Å²) < 4.78 is 18.4. The van der Waals surface area contributed by atoms with Crippen molar-refractivity contribution in [1.82, 2.24) is 4.90 Å². The molecule has 1 aliphatic heterocycles. The molecule has 1 aliphatic rings. The minimum absolute atomic E-state index is 0.0698. The van der Waals surface area contributed by atoms with E-state index in [1.54, 1.807) is 13.2 Å². The van der Waals surface area contributed by atoms with Gasteiger partial charge in [-0.15, -0.1) is 0 Å². The fourth-order valence-electron chi connectivity index (χ4n) is 1.91. The molecule has 0 atom stereocenters. The molecule has 76 valence electrons. The summed E-state index contributed by atoms with van der Waals surface area (Å²) in [6.45, 7) is 2.29. The first-order valence-corrected chi connectivity index (χ1v) is 4.79. The van der Waals surface area contributed by atoms with E-state index in [1.807, 2.05) is 6.07 Å². The summed E-state index contributed by atoms with van der Waals surface area (Å²) in [5, 5.41) is 0. The van der Waals surface area contributed by atoms with Gasteiger partial charge in [-0.2, -0.15) is 0 Å². The van der Waals surface area contributed by atoms with Crippen molar-refractivity contribution in [1.29, 1.82) is 0 Å². The van der Waals surface area contributed by atoms with Crippen LogP contribution in [0.2, 0.25) is 0 Å². The number of ether oxygens (including phenoxy) is 1. The molecule has 0 radical (unpaired) electrons. The van der Waals surface area contributed by atoms with Crippen LogP contribution in [0.5, 0.6) is 0 Å². The number of hydrogen-bond acceptors (Lipinski definition) is 2. The lowest BCUT2D eigenvalue weighted by molar-refractivity contribution is 0.0539. The number of halogens is 1. The third kappa shape index (κ3) is 1.79. The van der Waals surface area contributed by atoms with Crippen LogP contribution in [-0.2, 0) is 17.7 Å². The zero-order valence-electron chi connectivity index (χ0n) is 8.29. The van der Waals surface area contributed by atoms with Gasteiger partial charge >= 0.3 is 0 Å². The molecule has 0 unspecified atom stereocenters.